The molecule has 0 unspecified atom stereocenters. The zero-order valence-electron chi connectivity index (χ0n) is 27.3. The van der Waals surface area contributed by atoms with Crippen molar-refractivity contribution < 1.29 is 0 Å². The Morgan fingerprint density at radius 3 is 1.37 bits per heavy atom. The van der Waals surface area contributed by atoms with Gasteiger partial charge in [0.2, 0.25) is 0 Å². The highest BCUT2D eigenvalue weighted by Gasteiger charge is 2.20. The van der Waals surface area contributed by atoms with Crippen molar-refractivity contribution in [2.24, 2.45) is 0 Å². The lowest BCUT2D eigenvalue weighted by atomic mass is 9.85. The van der Waals surface area contributed by atoms with E-state index >= 15 is 0 Å². The van der Waals surface area contributed by atoms with E-state index in [-0.39, 0.29) is 0 Å². The Labute approximate surface area is 294 Å². The second kappa shape index (κ2) is 11.9. The molecule has 0 saturated heterocycles. The lowest BCUT2D eigenvalue weighted by Gasteiger charge is -2.19. The fourth-order valence-electron chi connectivity index (χ4n) is 7.68. The molecule has 9 rings (SSSR count). The summed E-state index contributed by atoms with van der Waals surface area (Å²) in [6, 6.07) is 60.3. The maximum absolute atomic E-state index is 10.4. The minimum Gasteiger partial charge on any atom is -0.309 e. The van der Waals surface area contributed by atoms with E-state index < -0.39 is 0 Å². The fraction of sp³-hybridized carbons (Fsp3) is 0. The normalized spacial score (nSPS) is 11.1. The number of fused-ring (bicyclic) bond motifs is 5. The quantitative estimate of drug-likeness (QED) is 0.179. The molecule has 0 aliphatic rings. The van der Waals surface area contributed by atoms with E-state index in [9.17, 15) is 15.8 Å². The van der Waals surface area contributed by atoms with Gasteiger partial charge in [-0.3, -0.25) is 0 Å². The first-order chi connectivity index (χ1) is 25.2. The van der Waals surface area contributed by atoms with Crippen molar-refractivity contribution >= 4 is 43.4 Å². The highest BCUT2D eigenvalue weighted by Crippen LogP contribution is 2.45. The first kappa shape index (κ1) is 29.7. The van der Waals surface area contributed by atoms with Crippen LogP contribution in [0.4, 0.5) is 0 Å². The van der Waals surface area contributed by atoms with Crippen LogP contribution in [-0.4, -0.2) is 4.57 Å². The second-order valence-corrected chi connectivity index (χ2v) is 12.7. The van der Waals surface area contributed by atoms with Gasteiger partial charge in [0, 0.05) is 16.3 Å². The molecule has 234 valence electrons. The molecule has 51 heavy (non-hydrogen) atoms. The maximum atomic E-state index is 10.4. The van der Waals surface area contributed by atoms with Gasteiger partial charge in [-0.15, -0.1) is 0 Å². The number of para-hydroxylation sites is 1. The Morgan fingerprint density at radius 1 is 0.353 bits per heavy atom. The zero-order valence-corrected chi connectivity index (χ0v) is 27.3. The monoisotopic (exact) mass is 646 g/mol. The van der Waals surface area contributed by atoms with Crippen LogP contribution in [0.2, 0.25) is 0 Å². The Morgan fingerprint density at radius 2 is 0.824 bits per heavy atom. The van der Waals surface area contributed by atoms with Crippen LogP contribution < -0.4 is 0 Å². The van der Waals surface area contributed by atoms with Gasteiger partial charge < -0.3 is 4.57 Å². The summed E-state index contributed by atoms with van der Waals surface area (Å²) < 4.78 is 2.19. The first-order valence-electron chi connectivity index (χ1n) is 16.7. The molecule has 0 atom stereocenters. The number of nitriles is 3. The zero-order chi connectivity index (χ0) is 34.5. The molecule has 0 N–H and O–H groups in total. The van der Waals surface area contributed by atoms with Gasteiger partial charge in [-0.1, -0.05) is 97.1 Å². The van der Waals surface area contributed by atoms with Crippen molar-refractivity contribution in [1.82, 2.24) is 4.57 Å². The summed E-state index contributed by atoms with van der Waals surface area (Å²) in [7, 11) is 0. The maximum Gasteiger partial charge on any atom is 0.0992 e. The van der Waals surface area contributed by atoms with Gasteiger partial charge in [0.1, 0.15) is 0 Å². The molecule has 0 bridgehead atoms. The molecular formula is C47H26N4. The van der Waals surface area contributed by atoms with Crippen LogP contribution >= 0.6 is 0 Å². The van der Waals surface area contributed by atoms with Gasteiger partial charge >= 0.3 is 0 Å². The lowest BCUT2D eigenvalue weighted by Crippen LogP contribution is -1.98. The Balaban J connectivity index is 1.33. The number of rotatable bonds is 4. The van der Waals surface area contributed by atoms with Crippen LogP contribution in [0.3, 0.4) is 0 Å². The summed E-state index contributed by atoms with van der Waals surface area (Å²) in [6.45, 7) is 0. The molecule has 1 heterocycles. The molecule has 0 amide bonds. The van der Waals surface area contributed by atoms with Crippen molar-refractivity contribution in [1.29, 1.82) is 15.8 Å². The van der Waals surface area contributed by atoms with E-state index in [1.54, 1.807) is 0 Å². The minimum absolute atomic E-state index is 0.557. The van der Waals surface area contributed by atoms with Crippen LogP contribution in [0.15, 0.2) is 158 Å². The predicted molar refractivity (Wildman–Crippen MR) is 206 cm³/mol. The Hall–Kier alpha value is -7.45. The molecule has 0 saturated carbocycles. The van der Waals surface area contributed by atoms with Crippen molar-refractivity contribution in [3.05, 3.63) is 174 Å². The van der Waals surface area contributed by atoms with E-state index in [4.69, 9.17) is 0 Å². The van der Waals surface area contributed by atoms with E-state index in [0.29, 0.717) is 16.7 Å². The second-order valence-electron chi connectivity index (χ2n) is 12.7. The summed E-state index contributed by atoms with van der Waals surface area (Å²) in [5.41, 5.74) is 10.7. The van der Waals surface area contributed by atoms with Crippen LogP contribution in [0.25, 0.3) is 82.4 Å². The molecule has 9 aromatic rings. The molecule has 4 heteroatoms. The largest absolute Gasteiger partial charge is 0.309 e. The van der Waals surface area contributed by atoms with E-state index in [2.05, 4.69) is 114 Å². The third kappa shape index (κ3) is 4.74. The summed E-state index contributed by atoms with van der Waals surface area (Å²) in [4.78, 5) is 0. The highest BCUT2D eigenvalue weighted by atomic mass is 15.0. The summed E-state index contributed by atoms with van der Waals surface area (Å²) in [5.74, 6) is 0. The minimum atomic E-state index is 0.557. The fourth-order valence-corrected chi connectivity index (χ4v) is 7.68. The molecule has 8 aromatic carbocycles. The number of hydrogen-bond acceptors (Lipinski definition) is 3. The lowest BCUT2D eigenvalue weighted by molar-refractivity contribution is 1.18. The molecule has 0 spiro atoms. The van der Waals surface area contributed by atoms with Crippen LogP contribution in [0.1, 0.15) is 16.7 Å². The average Bonchev–Trinajstić information content (AvgIpc) is 3.52. The molecule has 0 aliphatic heterocycles. The number of aromatic nitrogens is 1. The first-order valence-corrected chi connectivity index (χ1v) is 16.7. The third-order valence-electron chi connectivity index (χ3n) is 9.82. The molecule has 0 radical (unpaired) electrons. The smallest absolute Gasteiger partial charge is 0.0992 e. The van der Waals surface area contributed by atoms with Crippen LogP contribution in [0, 0.1) is 34.0 Å². The van der Waals surface area contributed by atoms with Gasteiger partial charge in [0.15, 0.2) is 0 Å². The summed E-state index contributed by atoms with van der Waals surface area (Å²) in [5, 5.41) is 36.2. The van der Waals surface area contributed by atoms with Gasteiger partial charge in [-0.2, -0.15) is 15.8 Å². The predicted octanol–water partition coefficient (Wildman–Crippen LogP) is 11.7. The van der Waals surface area contributed by atoms with Crippen molar-refractivity contribution in [3.8, 4) is 57.3 Å². The van der Waals surface area contributed by atoms with Gasteiger partial charge in [0.05, 0.1) is 51.6 Å². The molecule has 4 nitrogen and oxygen atoms in total. The van der Waals surface area contributed by atoms with Crippen LogP contribution in [-0.2, 0) is 0 Å². The standard InChI is InChI=1S/C47H26N4/c48-27-30-18-20-44-41(24-30)42-25-31(28-49)19-21-45(42)51(44)43-17-9-8-12-36(43)34-22-32(29-50)23-35(26-34)47-39-15-6-4-13-37(39)46(33-10-2-1-3-11-33)38-14-5-7-16-40(38)47/h1-26H. The molecule has 0 aliphatic carbocycles. The van der Waals surface area contributed by atoms with Crippen molar-refractivity contribution in [2.45, 2.75) is 0 Å². The summed E-state index contributed by atoms with van der Waals surface area (Å²) >= 11 is 0. The SMILES string of the molecule is N#Cc1cc(-c2ccccc2-n2c3ccc(C#N)cc3c3cc(C#N)ccc32)cc(-c2c3ccccc3c(-c3ccccc3)c3ccccc23)c1. The Bertz CT molecular complexity index is 2870. The number of hydrogen-bond donors (Lipinski definition) is 0. The topological polar surface area (TPSA) is 76.3 Å². The summed E-state index contributed by atoms with van der Waals surface area (Å²) in [6.07, 6.45) is 0. The van der Waals surface area contributed by atoms with E-state index in [0.717, 1.165) is 76.9 Å². The van der Waals surface area contributed by atoms with Crippen molar-refractivity contribution in [2.75, 3.05) is 0 Å². The van der Waals surface area contributed by atoms with Gasteiger partial charge in [-0.05, 0) is 110 Å². The van der Waals surface area contributed by atoms with E-state index in [1.807, 2.05) is 66.7 Å². The van der Waals surface area contributed by atoms with Gasteiger partial charge in [-0.25, -0.2) is 0 Å². The Kier molecular flexibility index (Phi) is 6.93. The average molecular weight is 647 g/mol. The molecule has 1 aromatic heterocycles. The van der Waals surface area contributed by atoms with Gasteiger partial charge in [0.25, 0.3) is 0 Å². The molecule has 0 fully saturated rings. The number of nitrogens with zero attached hydrogens (tertiary/aromatic N) is 4. The molecular weight excluding hydrogens is 621 g/mol. The van der Waals surface area contributed by atoms with Crippen molar-refractivity contribution in [3.63, 3.8) is 0 Å². The van der Waals surface area contributed by atoms with Crippen LogP contribution in [0.5, 0.6) is 0 Å². The third-order valence-corrected chi connectivity index (χ3v) is 9.82. The van der Waals surface area contributed by atoms with E-state index in [1.165, 1.54) is 5.56 Å². The number of benzene rings is 8. The highest BCUT2D eigenvalue weighted by molar-refractivity contribution is 6.21.